The smallest absolute Gasteiger partial charge is 0.119 e. The van der Waals surface area contributed by atoms with Crippen molar-refractivity contribution in [3.05, 3.63) is 0 Å². The minimum atomic E-state index is 0. The zero-order valence-electron chi connectivity index (χ0n) is 5.51. The summed E-state index contributed by atoms with van der Waals surface area (Å²) >= 11 is 0. The van der Waals surface area contributed by atoms with Gasteiger partial charge in [-0.15, -0.1) is 12.4 Å². The van der Waals surface area contributed by atoms with Crippen molar-refractivity contribution in [1.82, 2.24) is 0 Å². The van der Waals surface area contributed by atoms with Crippen molar-refractivity contribution in [2.45, 2.75) is 25.7 Å². The number of hydrogen-bond acceptors (Lipinski definition) is 2. The number of nitrogens with two attached hydrogens (primary N) is 1. The van der Waals surface area contributed by atoms with Gasteiger partial charge < -0.3 is 10.5 Å². The van der Waals surface area contributed by atoms with E-state index in [1.54, 1.807) is 0 Å². The Morgan fingerprint density at radius 3 is 2.33 bits per heavy atom. The van der Waals surface area contributed by atoms with E-state index < -0.39 is 0 Å². The highest BCUT2D eigenvalue weighted by Crippen LogP contribution is 1.94. The van der Waals surface area contributed by atoms with Crippen molar-refractivity contribution < 1.29 is 4.79 Å². The maximum atomic E-state index is 9.74. The Hall–Kier alpha value is -0.0800. The largest absolute Gasteiger partial charge is 0.330 e. The highest BCUT2D eigenvalue weighted by molar-refractivity contribution is 5.85. The molecule has 2 nitrogen and oxygen atoms in total. The van der Waals surface area contributed by atoms with E-state index in [1.807, 2.05) is 0 Å². The van der Waals surface area contributed by atoms with Crippen molar-refractivity contribution in [2.24, 2.45) is 5.73 Å². The van der Waals surface area contributed by atoms with Gasteiger partial charge in [0, 0.05) is 6.42 Å². The van der Waals surface area contributed by atoms with Crippen LogP contribution in [0.5, 0.6) is 0 Å². The summed E-state index contributed by atoms with van der Waals surface area (Å²) in [6.07, 6.45) is 4.79. The second-order valence-electron chi connectivity index (χ2n) is 1.80. The van der Waals surface area contributed by atoms with Gasteiger partial charge in [-0.05, 0) is 19.4 Å². The van der Waals surface area contributed by atoms with Gasteiger partial charge in [0.15, 0.2) is 0 Å². The number of rotatable bonds is 5. The van der Waals surface area contributed by atoms with E-state index in [0.29, 0.717) is 6.42 Å². The molecule has 0 aliphatic rings. The van der Waals surface area contributed by atoms with E-state index in [0.717, 1.165) is 32.1 Å². The molecule has 0 amide bonds. The summed E-state index contributed by atoms with van der Waals surface area (Å²) in [6, 6.07) is 0. The molecule has 0 unspecified atom stereocenters. The molecule has 56 valence electrons. The molecule has 0 saturated heterocycles. The molecule has 0 atom stereocenters. The second kappa shape index (κ2) is 10.8. The quantitative estimate of drug-likeness (QED) is 0.473. The van der Waals surface area contributed by atoms with Crippen LogP contribution in [0.4, 0.5) is 0 Å². The minimum absolute atomic E-state index is 0. The highest BCUT2D eigenvalue weighted by Gasteiger charge is 1.83. The summed E-state index contributed by atoms with van der Waals surface area (Å²) < 4.78 is 0. The van der Waals surface area contributed by atoms with Crippen LogP contribution in [0.2, 0.25) is 0 Å². The molecule has 0 aromatic rings. The lowest BCUT2D eigenvalue weighted by molar-refractivity contribution is -0.107. The first-order valence-electron chi connectivity index (χ1n) is 3.05. The van der Waals surface area contributed by atoms with Gasteiger partial charge >= 0.3 is 0 Å². The average molecular weight is 152 g/mol. The Balaban J connectivity index is 0. The maximum Gasteiger partial charge on any atom is 0.119 e. The summed E-state index contributed by atoms with van der Waals surface area (Å²) in [4.78, 5) is 9.74. The van der Waals surface area contributed by atoms with Crippen LogP contribution in [0.1, 0.15) is 25.7 Å². The summed E-state index contributed by atoms with van der Waals surface area (Å²) in [5, 5.41) is 0. The molecule has 0 bridgehead atoms. The van der Waals surface area contributed by atoms with Crippen LogP contribution in [-0.2, 0) is 4.79 Å². The van der Waals surface area contributed by atoms with Gasteiger partial charge in [-0.3, -0.25) is 0 Å². The molecule has 0 fully saturated rings. The molecule has 0 saturated carbocycles. The summed E-state index contributed by atoms with van der Waals surface area (Å²) in [6.45, 7) is 0.749. The number of carbonyl (C=O) groups is 1. The van der Waals surface area contributed by atoms with Crippen molar-refractivity contribution in [3.63, 3.8) is 0 Å². The Bertz CT molecular complexity index is 59.0. The van der Waals surface area contributed by atoms with Gasteiger partial charge in [0.1, 0.15) is 6.29 Å². The minimum Gasteiger partial charge on any atom is -0.330 e. The lowest BCUT2D eigenvalue weighted by Crippen LogP contribution is -1.97. The third-order valence-corrected chi connectivity index (χ3v) is 1.03. The predicted molar refractivity (Wildman–Crippen MR) is 40.8 cm³/mol. The number of halogens is 1. The molecule has 0 heterocycles. The molecule has 0 spiro atoms. The lowest BCUT2D eigenvalue weighted by atomic mass is 10.2. The lowest BCUT2D eigenvalue weighted by Gasteiger charge is -1.90. The molecule has 0 rings (SSSR count). The van der Waals surface area contributed by atoms with Gasteiger partial charge in [0.25, 0.3) is 0 Å². The molecular formula is C6H14ClNO. The summed E-state index contributed by atoms with van der Waals surface area (Å²) in [7, 11) is 0. The third kappa shape index (κ3) is 11.5. The van der Waals surface area contributed by atoms with Crippen LogP contribution >= 0.6 is 12.4 Å². The zero-order valence-corrected chi connectivity index (χ0v) is 6.32. The molecule has 3 heteroatoms. The van der Waals surface area contributed by atoms with Crippen LogP contribution in [-0.4, -0.2) is 12.8 Å². The molecule has 0 aliphatic heterocycles. The monoisotopic (exact) mass is 151 g/mol. The number of aldehydes is 1. The van der Waals surface area contributed by atoms with E-state index in [9.17, 15) is 4.79 Å². The van der Waals surface area contributed by atoms with Gasteiger partial charge in [-0.2, -0.15) is 0 Å². The van der Waals surface area contributed by atoms with E-state index in [1.165, 1.54) is 0 Å². The fourth-order valence-corrected chi connectivity index (χ4v) is 0.549. The van der Waals surface area contributed by atoms with Gasteiger partial charge in [-0.25, -0.2) is 0 Å². The third-order valence-electron chi connectivity index (χ3n) is 1.03. The van der Waals surface area contributed by atoms with Crippen LogP contribution in [0, 0.1) is 0 Å². The molecule has 9 heavy (non-hydrogen) atoms. The Labute approximate surface area is 62.2 Å². The van der Waals surface area contributed by atoms with Gasteiger partial charge in [0.2, 0.25) is 0 Å². The average Bonchev–Trinajstić information content (AvgIpc) is 1.81. The van der Waals surface area contributed by atoms with E-state index in [4.69, 9.17) is 5.73 Å². The van der Waals surface area contributed by atoms with E-state index in [-0.39, 0.29) is 12.4 Å². The normalized spacial score (nSPS) is 8.11. The van der Waals surface area contributed by atoms with Gasteiger partial charge in [0.05, 0.1) is 0 Å². The van der Waals surface area contributed by atoms with Crippen molar-refractivity contribution in [2.75, 3.05) is 6.54 Å². The number of carbonyl (C=O) groups excluding carboxylic acids is 1. The SMILES string of the molecule is Cl.NCCCCCC=O. The van der Waals surface area contributed by atoms with E-state index in [2.05, 4.69) is 0 Å². The summed E-state index contributed by atoms with van der Waals surface area (Å²) in [5.41, 5.74) is 5.22. The molecular weight excluding hydrogens is 138 g/mol. The zero-order chi connectivity index (χ0) is 6.24. The first-order chi connectivity index (χ1) is 3.91. The fourth-order valence-electron chi connectivity index (χ4n) is 0.549. The molecule has 0 aliphatic carbocycles. The first kappa shape index (κ1) is 11.7. The van der Waals surface area contributed by atoms with Crippen molar-refractivity contribution in [3.8, 4) is 0 Å². The number of hydrogen-bond donors (Lipinski definition) is 1. The molecule has 0 aromatic heterocycles. The van der Waals surface area contributed by atoms with Crippen LogP contribution in [0.3, 0.4) is 0 Å². The molecule has 0 radical (unpaired) electrons. The highest BCUT2D eigenvalue weighted by atomic mass is 35.5. The standard InChI is InChI=1S/C6H13NO.ClH/c7-5-3-1-2-4-6-8;/h6H,1-5,7H2;1H. The van der Waals surface area contributed by atoms with Crippen molar-refractivity contribution in [1.29, 1.82) is 0 Å². The Morgan fingerprint density at radius 1 is 1.22 bits per heavy atom. The Kier molecular flexibility index (Phi) is 14.0. The maximum absolute atomic E-state index is 9.74. The second-order valence-corrected chi connectivity index (χ2v) is 1.80. The van der Waals surface area contributed by atoms with Crippen LogP contribution < -0.4 is 5.73 Å². The van der Waals surface area contributed by atoms with Gasteiger partial charge in [-0.1, -0.05) is 6.42 Å². The molecule has 2 N–H and O–H groups in total. The molecule has 0 aromatic carbocycles. The topological polar surface area (TPSA) is 43.1 Å². The summed E-state index contributed by atoms with van der Waals surface area (Å²) in [5.74, 6) is 0. The first-order valence-corrected chi connectivity index (χ1v) is 3.05. The predicted octanol–water partition coefficient (Wildman–Crippen LogP) is 1.13. The van der Waals surface area contributed by atoms with Crippen LogP contribution in [0.25, 0.3) is 0 Å². The van der Waals surface area contributed by atoms with Crippen molar-refractivity contribution >= 4 is 18.7 Å². The Morgan fingerprint density at radius 2 is 1.89 bits per heavy atom. The van der Waals surface area contributed by atoms with Crippen LogP contribution in [0.15, 0.2) is 0 Å². The number of unbranched alkanes of at least 4 members (excludes halogenated alkanes) is 3. The van der Waals surface area contributed by atoms with E-state index >= 15 is 0 Å². The fraction of sp³-hybridized carbons (Fsp3) is 0.833.